The van der Waals surface area contributed by atoms with Crippen molar-refractivity contribution in [2.24, 2.45) is 0 Å². The van der Waals surface area contributed by atoms with Gasteiger partial charge in [0.1, 0.15) is 0 Å². The molecule has 1 saturated heterocycles. The number of benzene rings is 1. The minimum absolute atomic E-state index is 0.282. The molecule has 1 aliphatic heterocycles. The maximum atomic E-state index is 3.56. The number of nitrogens with one attached hydrogen (secondary N) is 1. The van der Waals surface area contributed by atoms with Crippen molar-refractivity contribution in [1.82, 2.24) is 10.2 Å². The maximum absolute atomic E-state index is 3.56. The first-order valence-corrected chi connectivity index (χ1v) is 7.73. The van der Waals surface area contributed by atoms with Crippen molar-refractivity contribution < 1.29 is 0 Å². The van der Waals surface area contributed by atoms with Crippen LogP contribution in [0.15, 0.2) is 35.2 Å². The molecule has 0 radical (unpaired) electrons. The maximum Gasteiger partial charge on any atom is 0.0278 e. The molecule has 0 spiro atoms. The van der Waals surface area contributed by atoms with Gasteiger partial charge in [0.25, 0.3) is 0 Å². The smallest absolute Gasteiger partial charge is 0.0278 e. The summed E-state index contributed by atoms with van der Waals surface area (Å²) in [6.45, 7) is 10.3. The summed E-state index contributed by atoms with van der Waals surface area (Å²) in [6, 6.07) is 11.3. The van der Waals surface area contributed by atoms with E-state index in [1.807, 2.05) is 11.8 Å². The predicted molar refractivity (Wildman–Crippen MR) is 80.3 cm³/mol. The Kier molecular flexibility index (Phi) is 4.71. The molecule has 0 saturated carbocycles. The summed E-state index contributed by atoms with van der Waals surface area (Å²) in [5.41, 5.74) is 0.282. The Balaban J connectivity index is 1.82. The fraction of sp³-hybridized carbons (Fsp3) is 0.600. The molecule has 2 nitrogen and oxygen atoms in total. The van der Waals surface area contributed by atoms with Crippen LogP contribution < -0.4 is 5.32 Å². The van der Waals surface area contributed by atoms with E-state index in [-0.39, 0.29) is 5.54 Å². The summed E-state index contributed by atoms with van der Waals surface area (Å²) in [6.07, 6.45) is 0. The molecule has 100 valence electrons. The largest absolute Gasteiger partial charge is 0.311 e. The zero-order valence-electron chi connectivity index (χ0n) is 11.6. The summed E-state index contributed by atoms with van der Waals surface area (Å²) in [5, 5.41) is 3.56. The molecule has 1 aromatic rings. The van der Waals surface area contributed by atoms with E-state index < -0.39 is 0 Å². The van der Waals surface area contributed by atoms with Crippen LogP contribution in [0.5, 0.6) is 0 Å². The van der Waals surface area contributed by atoms with Crippen molar-refractivity contribution in [2.45, 2.75) is 37.2 Å². The third kappa shape index (κ3) is 3.74. The molecular formula is C15H24N2S. The van der Waals surface area contributed by atoms with Crippen LogP contribution in [-0.2, 0) is 0 Å². The van der Waals surface area contributed by atoms with E-state index in [2.05, 4.69) is 61.3 Å². The average Bonchev–Trinajstić information content (AvgIpc) is 2.35. The first kappa shape index (κ1) is 13.9. The Morgan fingerprint density at radius 2 is 2.06 bits per heavy atom. The minimum atomic E-state index is 0.282. The van der Waals surface area contributed by atoms with Gasteiger partial charge in [0.15, 0.2) is 0 Å². The molecular weight excluding hydrogens is 240 g/mol. The predicted octanol–water partition coefficient (Wildman–Crippen LogP) is 2.85. The summed E-state index contributed by atoms with van der Waals surface area (Å²) in [5.74, 6) is 1.17. The second-order valence-electron chi connectivity index (χ2n) is 5.70. The van der Waals surface area contributed by atoms with Crippen LogP contribution in [0.2, 0.25) is 0 Å². The van der Waals surface area contributed by atoms with Crippen molar-refractivity contribution in [3.8, 4) is 0 Å². The summed E-state index contributed by atoms with van der Waals surface area (Å²) in [4.78, 5) is 3.99. The van der Waals surface area contributed by atoms with Crippen LogP contribution in [0, 0.1) is 0 Å². The molecule has 1 unspecified atom stereocenters. The standard InChI is InChI=1S/C15H24N2S/c1-13-11-17(15(2,3)12-16-13)9-10-18-14-7-5-4-6-8-14/h4-8,13,16H,9-12H2,1-3H3. The number of piperazine rings is 1. The van der Waals surface area contributed by atoms with Crippen molar-refractivity contribution in [1.29, 1.82) is 0 Å². The van der Waals surface area contributed by atoms with Gasteiger partial charge in [-0.2, -0.15) is 0 Å². The van der Waals surface area contributed by atoms with Crippen LogP contribution >= 0.6 is 11.8 Å². The van der Waals surface area contributed by atoms with Crippen LogP contribution in [0.25, 0.3) is 0 Å². The van der Waals surface area contributed by atoms with Crippen molar-refractivity contribution in [3.63, 3.8) is 0 Å². The molecule has 1 aromatic carbocycles. The van der Waals surface area contributed by atoms with Crippen molar-refractivity contribution in [2.75, 3.05) is 25.4 Å². The van der Waals surface area contributed by atoms with Crippen LogP contribution in [0.3, 0.4) is 0 Å². The van der Waals surface area contributed by atoms with E-state index in [0.29, 0.717) is 6.04 Å². The molecule has 3 heteroatoms. The number of hydrogen-bond donors (Lipinski definition) is 1. The van der Waals surface area contributed by atoms with E-state index >= 15 is 0 Å². The van der Waals surface area contributed by atoms with Gasteiger partial charge in [-0.25, -0.2) is 0 Å². The third-order valence-electron chi connectivity index (χ3n) is 3.61. The molecule has 0 aromatic heterocycles. The summed E-state index contributed by atoms with van der Waals surface area (Å²) < 4.78 is 0. The molecule has 0 amide bonds. The van der Waals surface area contributed by atoms with E-state index in [1.54, 1.807) is 0 Å². The van der Waals surface area contributed by atoms with Gasteiger partial charge >= 0.3 is 0 Å². The van der Waals surface area contributed by atoms with Gasteiger partial charge < -0.3 is 5.32 Å². The monoisotopic (exact) mass is 264 g/mol. The number of hydrogen-bond acceptors (Lipinski definition) is 3. The molecule has 18 heavy (non-hydrogen) atoms. The number of nitrogens with zero attached hydrogens (tertiary/aromatic N) is 1. The Morgan fingerprint density at radius 1 is 1.33 bits per heavy atom. The molecule has 1 heterocycles. The fourth-order valence-corrected chi connectivity index (χ4v) is 3.26. The summed E-state index contributed by atoms with van der Waals surface area (Å²) >= 11 is 1.95. The van der Waals surface area contributed by atoms with Gasteiger partial charge in [-0.05, 0) is 32.9 Å². The number of rotatable bonds is 4. The average molecular weight is 264 g/mol. The second-order valence-corrected chi connectivity index (χ2v) is 6.87. The molecule has 1 fully saturated rings. The quantitative estimate of drug-likeness (QED) is 0.842. The first-order chi connectivity index (χ1) is 8.58. The lowest BCUT2D eigenvalue weighted by Crippen LogP contribution is -2.61. The molecule has 1 N–H and O–H groups in total. The fourth-order valence-electron chi connectivity index (χ4n) is 2.36. The Morgan fingerprint density at radius 3 is 2.78 bits per heavy atom. The lowest BCUT2D eigenvalue weighted by atomic mass is 9.98. The summed E-state index contributed by atoms with van der Waals surface area (Å²) in [7, 11) is 0. The van der Waals surface area contributed by atoms with Gasteiger partial charge in [0.05, 0.1) is 0 Å². The van der Waals surface area contributed by atoms with Gasteiger partial charge in [0.2, 0.25) is 0 Å². The molecule has 0 bridgehead atoms. The zero-order chi connectivity index (χ0) is 13.0. The lowest BCUT2D eigenvalue weighted by molar-refractivity contribution is 0.0774. The second kappa shape index (κ2) is 6.09. The zero-order valence-corrected chi connectivity index (χ0v) is 12.5. The SMILES string of the molecule is CC1CN(CCSc2ccccc2)C(C)(C)CN1. The third-order valence-corrected chi connectivity index (χ3v) is 4.60. The Bertz CT molecular complexity index is 364. The van der Waals surface area contributed by atoms with Crippen LogP contribution in [0.4, 0.5) is 0 Å². The lowest BCUT2D eigenvalue weighted by Gasteiger charge is -2.45. The topological polar surface area (TPSA) is 15.3 Å². The molecule has 1 atom stereocenters. The first-order valence-electron chi connectivity index (χ1n) is 6.74. The highest BCUT2D eigenvalue weighted by Crippen LogP contribution is 2.21. The van der Waals surface area contributed by atoms with E-state index in [1.165, 1.54) is 17.2 Å². The van der Waals surface area contributed by atoms with E-state index in [0.717, 1.165) is 13.1 Å². The van der Waals surface area contributed by atoms with Crippen molar-refractivity contribution >= 4 is 11.8 Å². The van der Waals surface area contributed by atoms with Crippen LogP contribution in [-0.4, -0.2) is 41.9 Å². The van der Waals surface area contributed by atoms with E-state index in [9.17, 15) is 0 Å². The highest BCUT2D eigenvalue weighted by Gasteiger charge is 2.31. The molecule has 1 aliphatic rings. The van der Waals surface area contributed by atoms with Crippen molar-refractivity contribution in [3.05, 3.63) is 30.3 Å². The highest BCUT2D eigenvalue weighted by molar-refractivity contribution is 7.99. The Labute approximate surface area is 115 Å². The number of thioether (sulfide) groups is 1. The Hall–Kier alpha value is -0.510. The van der Waals surface area contributed by atoms with Gasteiger partial charge in [0, 0.05) is 41.9 Å². The van der Waals surface area contributed by atoms with Gasteiger partial charge in [-0.15, -0.1) is 11.8 Å². The normalized spacial score (nSPS) is 24.1. The molecule has 0 aliphatic carbocycles. The van der Waals surface area contributed by atoms with Gasteiger partial charge in [-0.1, -0.05) is 18.2 Å². The molecule has 2 rings (SSSR count). The minimum Gasteiger partial charge on any atom is -0.311 e. The highest BCUT2D eigenvalue weighted by atomic mass is 32.2. The van der Waals surface area contributed by atoms with E-state index in [4.69, 9.17) is 0 Å². The van der Waals surface area contributed by atoms with Crippen LogP contribution in [0.1, 0.15) is 20.8 Å². The van der Waals surface area contributed by atoms with Gasteiger partial charge in [-0.3, -0.25) is 4.90 Å².